The molecule has 1 heteroatoms. The smallest absolute Gasteiger partial charge is 0.0283 e. The summed E-state index contributed by atoms with van der Waals surface area (Å²) in [7, 11) is 0. The van der Waals surface area contributed by atoms with Crippen LogP contribution in [0.1, 0.15) is 5.56 Å². The van der Waals surface area contributed by atoms with Gasteiger partial charge in [-0.1, -0.05) is 162 Å². The molecule has 0 spiro atoms. The fourth-order valence-electron chi connectivity index (χ4n) is 5.23. The quantitative estimate of drug-likeness (QED) is 0.181. The molecule has 0 atom stereocenters. The third kappa shape index (κ3) is 4.74. The number of hydrogen-bond acceptors (Lipinski definition) is 0. The Hall–Kier alpha value is -4.20. The molecule has 0 heterocycles. The van der Waals surface area contributed by atoms with Gasteiger partial charge in [-0.25, -0.2) is 0 Å². The topological polar surface area (TPSA) is 0 Å². The molecule has 0 bridgehead atoms. The zero-order chi connectivity index (χ0) is 25.7. The van der Waals surface area contributed by atoms with Gasteiger partial charge in [0.1, 0.15) is 0 Å². The van der Waals surface area contributed by atoms with Crippen LogP contribution in [0.2, 0.25) is 0 Å². The third-order valence-electron chi connectivity index (χ3n) is 7.02. The third-order valence-corrected chi connectivity index (χ3v) is 7.67. The first-order valence-electron chi connectivity index (χ1n) is 12.9. The largest absolute Gasteiger partial charge is 0.0876 e. The maximum atomic E-state index is 3.61. The van der Waals surface area contributed by atoms with Crippen molar-refractivity contribution in [3.63, 3.8) is 0 Å². The Morgan fingerprint density at radius 2 is 0.684 bits per heavy atom. The molecule has 0 aliphatic rings. The van der Waals surface area contributed by atoms with Crippen LogP contribution in [0.4, 0.5) is 0 Å². The van der Waals surface area contributed by atoms with E-state index in [1.54, 1.807) is 0 Å². The molecular weight excluding hydrogens is 524 g/mol. The summed E-state index contributed by atoms with van der Waals surface area (Å²) in [5.41, 5.74) is 13.5. The van der Waals surface area contributed by atoms with Crippen molar-refractivity contribution in [2.24, 2.45) is 0 Å². The van der Waals surface area contributed by atoms with E-state index in [0.717, 1.165) is 5.33 Å². The van der Waals surface area contributed by atoms with Gasteiger partial charge >= 0.3 is 0 Å². The van der Waals surface area contributed by atoms with Crippen LogP contribution in [-0.2, 0) is 5.33 Å². The number of alkyl halides is 1. The molecular formula is C37H27Br. The van der Waals surface area contributed by atoms with Gasteiger partial charge in [-0.2, -0.15) is 0 Å². The van der Waals surface area contributed by atoms with Gasteiger partial charge in [0.25, 0.3) is 0 Å². The van der Waals surface area contributed by atoms with Gasteiger partial charge in [0.05, 0.1) is 0 Å². The normalized spacial score (nSPS) is 10.9. The maximum Gasteiger partial charge on any atom is 0.0283 e. The fraction of sp³-hybridized carbons (Fsp3) is 0.0270. The molecule has 0 fully saturated rings. The Kier molecular flexibility index (Phi) is 7.02. The zero-order valence-corrected chi connectivity index (χ0v) is 22.6. The molecule has 0 radical (unpaired) electrons. The highest BCUT2D eigenvalue weighted by atomic mass is 79.9. The molecule has 182 valence electrons. The predicted octanol–water partition coefficient (Wildman–Crippen LogP) is 10.9. The van der Waals surface area contributed by atoms with Crippen LogP contribution in [0.15, 0.2) is 152 Å². The van der Waals surface area contributed by atoms with Crippen LogP contribution in [-0.4, -0.2) is 0 Å². The molecule has 0 saturated heterocycles. The molecule has 0 aliphatic carbocycles. The summed E-state index contributed by atoms with van der Waals surface area (Å²) >= 11 is 3.61. The van der Waals surface area contributed by atoms with Crippen molar-refractivity contribution in [2.45, 2.75) is 5.33 Å². The number of benzene rings is 6. The first kappa shape index (κ1) is 24.2. The van der Waals surface area contributed by atoms with Crippen LogP contribution in [0.3, 0.4) is 0 Å². The van der Waals surface area contributed by atoms with Crippen molar-refractivity contribution in [3.8, 4) is 55.6 Å². The maximum absolute atomic E-state index is 3.61. The SMILES string of the molecule is BrCc1ccc(-c2cc(-c3ccccc3)c(-c3ccccc3)c(-c3ccccc3)c2-c2ccccc2)cc1. The Balaban J connectivity index is 1.81. The van der Waals surface area contributed by atoms with E-state index in [0.29, 0.717) is 0 Å². The second-order valence-electron chi connectivity index (χ2n) is 9.39. The van der Waals surface area contributed by atoms with E-state index in [1.165, 1.54) is 61.2 Å². The van der Waals surface area contributed by atoms with E-state index >= 15 is 0 Å². The summed E-state index contributed by atoms with van der Waals surface area (Å²) in [4.78, 5) is 0. The molecule has 0 nitrogen and oxygen atoms in total. The molecule has 0 aliphatic heterocycles. The Bertz CT molecular complexity index is 1640. The first-order chi connectivity index (χ1) is 18.8. The Labute approximate surface area is 233 Å². The van der Waals surface area contributed by atoms with Crippen LogP contribution in [0.5, 0.6) is 0 Å². The van der Waals surface area contributed by atoms with E-state index in [2.05, 4.69) is 168 Å². The highest BCUT2D eigenvalue weighted by Gasteiger charge is 2.23. The molecule has 6 rings (SSSR count). The molecule has 0 unspecified atom stereocenters. The van der Waals surface area contributed by atoms with E-state index in [1.807, 2.05) is 0 Å². The van der Waals surface area contributed by atoms with Gasteiger partial charge < -0.3 is 0 Å². The van der Waals surface area contributed by atoms with Crippen molar-refractivity contribution in [3.05, 3.63) is 157 Å². The predicted molar refractivity (Wildman–Crippen MR) is 166 cm³/mol. The summed E-state index contributed by atoms with van der Waals surface area (Å²) in [6.07, 6.45) is 0. The summed E-state index contributed by atoms with van der Waals surface area (Å²) in [5.74, 6) is 0. The first-order valence-corrected chi connectivity index (χ1v) is 14.0. The minimum atomic E-state index is 0.844. The van der Waals surface area contributed by atoms with E-state index in [9.17, 15) is 0 Å². The Morgan fingerprint density at radius 3 is 1.08 bits per heavy atom. The van der Waals surface area contributed by atoms with Crippen LogP contribution in [0, 0.1) is 0 Å². The summed E-state index contributed by atoms with van der Waals surface area (Å²) in [6, 6.07) is 54.6. The minimum absolute atomic E-state index is 0.844. The highest BCUT2D eigenvalue weighted by molar-refractivity contribution is 9.08. The number of halogens is 1. The summed E-state index contributed by atoms with van der Waals surface area (Å²) in [6.45, 7) is 0. The molecule has 0 aromatic heterocycles. The van der Waals surface area contributed by atoms with E-state index in [4.69, 9.17) is 0 Å². The molecule has 38 heavy (non-hydrogen) atoms. The second-order valence-corrected chi connectivity index (χ2v) is 9.95. The lowest BCUT2D eigenvalue weighted by Gasteiger charge is -2.24. The Morgan fingerprint density at radius 1 is 0.342 bits per heavy atom. The summed E-state index contributed by atoms with van der Waals surface area (Å²) in [5, 5.41) is 0.844. The zero-order valence-electron chi connectivity index (χ0n) is 21.0. The monoisotopic (exact) mass is 550 g/mol. The molecule has 0 saturated carbocycles. The van der Waals surface area contributed by atoms with Crippen LogP contribution in [0.25, 0.3) is 55.6 Å². The van der Waals surface area contributed by atoms with Crippen molar-refractivity contribution >= 4 is 15.9 Å². The fourth-order valence-corrected chi connectivity index (χ4v) is 5.61. The van der Waals surface area contributed by atoms with E-state index in [-0.39, 0.29) is 0 Å². The van der Waals surface area contributed by atoms with E-state index < -0.39 is 0 Å². The van der Waals surface area contributed by atoms with Crippen molar-refractivity contribution in [2.75, 3.05) is 0 Å². The van der Waals surface area contributed by atoms with Crippen molar-refractivity contribution in [1.82, 2.24) is 0 Å². The average Bonchev–Trinajstić information content (AvgIpc) is 3.02. The molecule has 0 N–H and O–H groups in total. The van der Waals surface area contributed by atoms with Gasteiger partial charge in [0, 0.05) is 5.33 Å². The van der Waals surface area contributed by atoms with Gasteiger partial charge in [-0.15, -0.1) is 0 Å². The molecule has 0 amide bonds. The van der Waals surface area contributed by atoms with Gasteiger partial charge in [-0.05, 0) is 67.3 Å². The molecule has 6 aromatic carbocycles. The second kappa shape index (κ2) is 11.0. The summed E-state index contributed by atoms with van der Waals surface area (Å²) < 4.78 is 0. The van der Waals surface area contributed by atoms with Crippen molar-refractivity contribution in [1.29, 1.82) is 0 Å². The average molecular weight is 552 g/mol. The lowest BCUT2D eigenvalue weighted by atomic mass is 9.79. The standard InChI is InChI=1S/C37H27Br/c38-26-27-21-23-29(24-22-27)34-25-33(28-13-5-1-6-14-28)35(30-15-7-2-8-16-30)37(32-19-11-4-12-20-32)36(34)31-17-9-3-10-18-31/h1-25H,26H2. The number of hydrogen-bond donors (Lipinski definition) is 0. The van der Waals surface area contributed by atoms with Crippen molar-refractivity contribution < 1.29 is 0 Å². The minimum Gasteiger partial charge on any atom is -0.0876 e. The van der Waals surface area contributed by atoms with Crippen LogP contribution < -0.4 is 0 Å². The van der Waals surface area contributed by atoms with Gasteiger partial charge in [0.15, 0.2) is 0 Å². The highest BCUT2D eigenvalue weighted by Crippen LogP contribution is 2.50. The van der Waals surface area contributed by atoms with Gasteiger partial charge in [0.2, 0.25) is 0 Å². The lowest BCUT2D eigenvalue weighted by Crippen LogP contribution is -1.98. The van der Waals surface area contributed by atoms with Crippen LogP contribution >= 0.6 is 15.9 Å². The van der Waals surface area contributed by atoms with Gasteiger partial charge in [-0.3, -0.25) is 0 Å². The lowest BCUT2D eigenvalue weighted by molar-refractivity contribution is 1.43. The number of rotatable bonds is 6. The molecule has 6 aromatic rings.